The fraction of sp³-hybridized carbons (Fsp3) is 0.444. The van der Waals surface area contributed by atoms with Crippen LogP contribution in [-0.4, -0.2) is 59.1 Å². The Labute approximate surface area is 203 Å². The second kappa shape index (κ2) is 9.24. The van der Waals surface area contributed by atoms with Crippen LogP contribution in [0.3, 0.4) is 0 Å². The van der Waals surface area contributed by atoms with Crippen molar-refractivity contribution in [2.45, 2.75) is 44.2 Å². The quantitative estimate of drug-likeness (QED) is 0.569. The Kier molecular flexibility index (Phi) is 6.27. The normalized spacial score (nSPS) is 19.8. The van der Waals surface area contributed by atoms with E-state index in [1.807, 2.05) is 34.9 Å². The van der Waals surface area contributed by atoms with Gasteiger partial charge < -0.3 is 19.7 Å². The van der Waals surface area contributed by atoms with Gasteiger partial charge in [-0.1, -0.05) is 6.92 Å². The average molecular weight is 484 g/mol. The number of aliphatic hydroxyl groups excluding tert-OH is 1. The highest BCUT2D eigenvalue weighted by Crippen LogP contribution is 2.49. The molecular weight excluding hydrogens is 452 g/mol. The third-order valence-corrected chi connectivity index (χ3v) is 7.77. The van der Waals surface area contributed by atoms with E-state index in [9.17, 15) is 18.7 Å². The zero-order valence-electron chi connectivity index (χ0n) is 20.1. The number of carbonyl (C=O) groups excluding carboxylic acids is 1. The molecule has 6 nitrogen and oxygen atoms in total. The summed E-state index contributed by atoms with van der Waals surface area (Å²) < 4.78 is 34.0. The Morgan fingerprint density at radius 1 is 1.20 bits per heavy atom. The van der Waals surface area contributed by atoms with Crippen LogP contribution in [0.15, 0.2) is 36.4 Å². The minimum atomic E-state index is -0.488. The number of aromatic amines is 1. The third-order valence-electron chi connectivity index (χ3n) is 7.77. The first kappa shape index (κ1) is 23.8. The van der Waals surface area contributed by atoms with Gasteiger partial charge in [0.15, 0.2) is 0 Å². The molecule has 2 aromatic carbocycles. The van der Waals surface area contributed by atoms with Gasteiger partial charge in [-0.25, -0.2) is 8.78 Å². The number of aliphatic hydroxyl groups is 1. The standard InChI is InChI=1S/C27H31F2N3O3/c1-3-24(34)31-10-8-27(9-11-31)16-32(14-17-12-18(28)4-7-21(17)29)23(15-33)26-25(27)20-6-5-19(35-2)13-22(20)30-26/h4-7,12-13,23,30,33H,3,8-11,14-16H2,1-2H3/t23-/m0/s1. The number of nitrogens with one attached hydrogen (secondary N) is 1. The lowest BCUT2D eigenvalue weighted by molar-refractivity contribution is -0.132. The first-order valence-electron chi connectivity index (χ1n) is 12.2. The lowest BCUT2D eigenvalue weighted by Gasteiger charge is -2.50. The molecule has 3 heterocycles. The topological polar surface area (TPSA) is 68.8 Å². The molecule has 1 aromatic heterocycles. The predicted molar refractivity (Wildman–Crippen MR) is 129 cm³/mol. The summed E-state index contributed by atoms with van der Waals surface area (Å²) in [6, 6.07) is 9.02. The van der Waals surface area contributed by atoms with E-state index >= 15 is 0 Å². The molecule has 1 atom stereocenters. The number of aromatic nitrogens is 1. The van der Waals surface area contributed by atoms with Gasteiger partial charge >= 0.3 is 0 Å². The van der Waals surface area contributed by atoms with Gasteiger partial charge in [-0.2, -0.15) is 0 Å². The zero-order valence-corrected chi connectivity index (χ0v) is 20.1. The summed E-state index contributed by atoms with van der Waals surface area (Å²) in [5, 5.41) is 11.5. The maximum absolute atomic E-state index is 14.6. The van der Waals surface area contributed by atoms with Gasteiger partial charge in [-0.3, -0.25) is 9.69 Å². The van der Waals surface area contributed by atoms with Crippen LogP contribution in [0.2, 0.25) is 0 Å². The molecule has 8 heteroatoms. The van der Waals surface area contributed by atoms with Gasteiger partial charge in [-0.05, 0) is 48.7 Å². The number of hydrogen-bond acceptors (Lipinski definition) is 4. The lowest BCUT2D eigenvalue weighted by Crippen LogP contribution is -2.54. The second-order valence-corrected chi connectivity index (χ2v) is 9.68. The van der Waals surface area contributed by atoms with Crippen LogP contribution in [0.25, 0.3) is 10.9 Å². The Morgan fingerprint density at radius 2 is 1.97 bits per heavy atom. The zero-order chi connectivity index (χ0) is 24.7. The molecule has 186 valence electrons. The number of halogens is 2. The van der Waals surface area contributed by atoms with Crippen molar-refractivity contribution in [2.24, 2.45) is 0 Å². The number of nitrogens with zero attached hydrogens (tertiary/aromatic N) is 2. The van der Waals surface area contributed by atoms with Crippen LogP contribution in [-0.2, 0) is 16.8 Å². The Bertz CT molecular complexity index is 1250. The number of hydrogen-bond donors (Lipinski definition) is 2. The van der Waals surface area contributed by atoms with Crippen molar-refractivity contribution >= 4 is 16.8 Å². The summed E-state index contributed by atoms with van der Waals surface area (Å²) in [5.41, 5.74) is 2.95. The molecule has 0 bridgehead atoms. The molecule has 0 radical (unpaired) electrons. The molecule has 1 amide bonds. The molecule has 1 spiro atoms. The number of rotatable bonds is 5. The minimum absolute atomic E-state index is 0.145. The summed E-state index contributed by atoms with van der Waals surface area (Å²) >= 11 is 0. The van der Waals surface area contributed by atoms with Crippen molar-refractivity contribution in [3.05, 3.63) is 64.9 Å². The van der Waals surface area contributed by atoms with E-state index in [0.717, 1.165) is 52.9 Å². The molecule has 5 rings (SSSR count). The van der Waals surface area contributed by atoms with Crippen molar-refractivity contribution in [2.75, 3.05) is 33.4 Å². The summed E-state index contributed by atoms with van der Waals surface area (Å²) in [6.45, 7) is 3.74. The Hall–Kier alpha value is -2.97. The summed E-state index contributed by atoms with van der Waals surface area (Å²) in [5.74, 6) is -0.0784. The van der Waals surface area contributed by atoms with Crippen LogP contribution in [0.1, 0.15) is 49.0 Å². The molecule has 35 heavy (non-hydrogen) atoms. The number of carbonyl (C=O) groups is 1. The molecule has 1 fully saturated rings. The number of ether oxygens (including phenoxy) is 1. The van der Waals surface area contributed by atoms with Crippen molar-refractivity contribution in [3.63, 3.8) is 0 Å². The number of amides is 1. The second-order valence-electron chi connectivity index (χ2n) is 9.68. The first-order valence-corrected chi connectivity index (χ1v) is 12.2. The van der Waals surface area contributed by atoms with Gasteiger partial charge in [0.1, 0.15) is 17.4 Å². The van der Waals surface area contributed by atoms with Gasteiger partial charge in [0, 0.05) is 66.2 Å². The largest absolute Gasteiger partial charge is 0.497 e. The van der Waals surface area contributed by atoms with Crippen molar-refractivity contribution < 1.29 is 23.4 Å². The lowest BCUT2D eigenvalue weighted by atomic mass is 9.68. The highest BCUT2D eigenvalue weighted by atomic mass is 19.1. The van der Waals surface area contributed by atoms with Crippen molar-refractivity contribution in [1.29, 1.82) is 0 Å². The summed E-state index contributed by atoms with van der Waals surface area (Å²) in [4.78, 5) is 19.9. The van der Waals surface area contributed by atoms with Gasteiger partial charge in [-0.15, -0.1) is 0 Å². The van der Waals surface area contributed by atoms with E-state index in [1.54, 1.807) is 7.11 Å². The number of methoxy groups -OCH3 is 1. The number of fused-ring (bicyclic) bond motifs is 4. The third kappa shape index (κ3) is 4.08. The van der Waals surface area contributed by atoms with Crippen LogP contribution >= 0.6 is 0 Å². The van der Waals surface area contributed by atoms with E-state index in [0.29, 0.717) is 26.1 Å². The van der Waals surface area contributed by atoms with Crippen LogP contribution in [0.4, 0.5) is 8.78 Å². The van der Waals surface area contributed by atoms with E-state index in [1.165, 1.54) is 6.07 Å². The van der Waals surface area contributed by atoms with Crippen molar-refractivity contribution in [3.8, 4) is 5.75 Å². The van der Waals surface area contributed by atoms with Crippen LogP contribution in [0, 0.1) is 11.6 Å². The summed E-state index contributed by atoms with van der Waals surface area (Å²) in [6.07, 6.45) is 1.98. The Balaban J connectivity index is 1.61. The monoisotopic (exact) mass is 483 g/mol. The average Bonchev–Trinajstić information content (AvgIpc) is 3.26. The molecule has 2 N–H and O–H groups in total. The summed E-state index contributed by atoms with van der Waals surface area (Å²) in [7, 11) is 1.62. The van der Waals surface area contributed by atoms with Crippen molar-refractivity contribution in [1.82, 2.24) is 14.8 Å². The highest BCUT2D eigenvalue weighted by Gasteiger charge is 2.47. The van der Waals surface area contributed by atoms with E-state index in [4.69, 9.17) is 4.74 Å². The van der Waals surface area contributed by atoms with Gasteiger partial charge in [0.05, 0.1) is 19.8 Å². The fourth-order valence-corrected chi connectivity index (χ4v) is 5.98. The number of benzene rings is 2. The van der Waals surface area contributed by atoms with Crippen LogP contribution in [0.5, 0.6) is 5.75 Å². The fourth-order valence-electron chi connectivity index (χ4n) is 5.98. The smallest absolute Gasteiger partial charge is 0.222 e. The predicted octanol–water partition coefficient (Wildman–Crippen LogP) is 4.27. The maximum Gasteiger partial charge on any atom is 0.222 e. The molecular formula is C27H31F2N3O3. The Morgan fingerprint density at radius 3 is 2.66 bits per heavy atom. The molecule has 0 saturated carbocycles. The molecule has 0 aliphatic carbocycles. The first-order chi connectivity index (χ1) is 16.9. The molecule has 1 saturated heterocycles. The van der Waals surface area contributed by atoms with E-state index < -0.39 is 17.7 Å². The highest BCUT2D eigenvalue weighted by molar-refractivity contribution is 5.88. The van der Waals surface area contributed by atoms with Gasteiger partial charge in [0.25, 0.3) is 0 Å². The van der Waals surface area contributed by atoms with E-state index in [-0.39, 0.29) is 30.0 Å². The van der Waals surface area contributed by atoms with E-state index in [2.05, 4.69) is 4.98 Å². The number of likely N-dealkylation sites (tertiary alicyclic amines) is 1. The SMILES string of the molecule is CCC(=O)N1CCC2(CC1)CN(Cc1cc(F)ccc1F)[C@@H](CO)c1[nH]c3cc(OC)ccc3c12. The van der Waals surface area contributed by atoms with Gasteiger partial charge in [0.2, 0.25) is 5.91 Å². The number of H-pyrrole nitrogens is 1. The molecule has 2 aliphatic rings. The van der Waals surface area contributed by atoms with Crippen LogP contribution < -0.4 is 4.74 Å². The molecule has 3 aromatic rings. The maximum atomic E-state index is 14.6. The molecule has 2 aliphatic heterocycles. The minimum Gasteiger partial charge on any atom is -0.497 e. The molecule has 0 unspecified atom stereocenters. The number of piperidine rings is 1.